The number of rotatable bonds is 1. The van der Waals surface area contributed by atoms with Gasteiger partial charge in [-0.1, -0.05) is 12.1 Å². The zero-order valence-corrected chi connectivity index (χ0v) is 11.2. The molecule has 1 aliphatic rings. The smallest absolute Gasteiger partial charge is 0.0486 e. The molecule has 0 bridgehead atoms. The van der Waals surface area contributed by atoms with Gasteiger partial charge in [0, 0.05) is 18.8 Å². The molecular formula is C15H23NO. The van der Waals surface area contributed by atoms with Gasteiger partial charge in [-0.25, -0.2) is 0 Å². The van der Waals surface area contributed by atoms with E-state index in [1.54, 1.807) is 0 Å². The molecule has 0 amide bonds. The first kappa shape index (κ1) is 12.6. The van der Waals surface area contributed by atoms with Crippen molar-refractivity contribution < 1.29 is 4.74 Å². The van der Waals surface area contributed by atoms with Crippen LogP contribution in [0.3, 0.4) is 0 Å². The highest BCUT2D eigenvalue weighted by Crippen LogP contribution is 2.33. The van der Waals surface area contributed by atoms with Gasteiger partial charge < -0.3 is 10.5 Å². The number of nitrogens with two attached hydrogens (primary N) is 1. The Kier molecular flexibility index (Phi) is 3.55. The first-order valence-corrected chi connectivity index (χ1v) is 6.48. The normalized spacial score (nSPS) is 25.6. The van der Waals surface area contributed by atoms with Crippen molar-refractivity contribution in [1.29, 1.82) is 0 Å². The van der Waals surface area contributed by atoms with Crippen LogP contribution >= 0.6 is 0 Å². The van der Waals surface area contributed by atoms with Crippen LogP contribution < -0.4 is 5.73 Å². The summed E-state index contributed by atoms with van der Waals surface area (Å²) in [5.74, 6) is 0. The SMILES string of the molecule is Cc1cc(C)c(C2(N)CCCOCC2)cc1C. The summed E-state index contributed by atoms with van der Waals surface area (Å²) >= 11 is 0. The van der Waals surface area contributed by atoms with Gasteiger partial charge in [-0.05, 0) is 62.3 Å². The maximum atomic E-state index is 6.62. The maximum Gasteiger partial charge on any atom is 0.0486 e. The third-order valence-corrected chi connectivity index (χ3v) is 3.98. The summed E-state index contributed by atoms with van der Waals surface area (Å²) in [6, 6.07) is 4.53. The Morgan fingerprint density at radius 3 is 2.47 bits per heavy atom. The molecule has 2 heteroatoms. The molecule has 2 rings (SSSR count). The highest BCUT2D eigenvalue weighted by atomic mass is 16.5. The molecule has 1 aliphatic heterocycles. The Labute approximate surface area is 104 Å². The van der Waals surface area contributed by atoms with Crippen molar-refractivity contribution in [3.8, 4) is 0 Å². The van der Waals surface area contributed by atoms with Crippen LogP contribution in [0.15, 0.2) is 12.1 Å². The Morgan fingerprint density at radius 2 is 1.71 bits per heavy atom. The number of hydrogen-bond donors (Lipinski definition) is 1. The summed E-state index contributed by atoms with van der Waals surface area (Å²) in [4.78, 5) is 0. The topological polar surface area (TPSA) is 35.2 Å². The zero-order valence-electron chi connectivity index (χ0n) is 11.2. The van der Waals surface area contributed by atoms with Gasteiger partial charge >= 0.3 is 0 Å². The van der Waals surface area contributed by atoms with E-state index in [1.165, 1.54) is 22.3 Å². The number of hydrogen-bond acceptors (Lipinski definition) is 2. The lowest BCUT2D eigenvalue weighted by molar-refractivity contribution is 0.139. The van der Waals surface area contributed by atoms with E-state index in [0.717, 1.165) is 32.5 Å². The summed E-state index contributed by atoms with van der Waals surface area (Å²) in [5, 5.41) is 0. The summed E-state index contributed by atoms with van der Waals surface area (Å²) < 4.78 is 5.53. The first-order chi connectivity index (χ1) is 8.03. The zero-order chi connectivity index (χ0) is 12.5. The second-order valence-electron chi connectivity index (χ2n) is 5.37. The molecular weight excluding hydrogens is 210 g/mol. The Hall–Kier alpha value is -0.860. The highest BCUT2D eigenvalue weighted by Gasteiger charge is 2.30. The van der Waals surface area contributed by atoms with Crippen molar-refractivity contribution >= 4 is 0 Å². The highest BCUT2D eigenvalue weighted by molar-refractivity contribution is 5.40. The molecule has 2 nitrogen and oxygen atoms in total. The van der Waals surface area contributed by atoms with Crippen LogP contribution in [-0.2, 0) is 10.3 Å². The molecule has 0 saturated carbocycles. The van der Waals surface area contributed by atoms with E-state index >= 15 is 0 Å². The average molecular weight is 233 g/mol. The lowest BCUT2D eigenvalue weighted by atomic mass is 9.80. The summed E-state index contributed by atoms with van der Waals surface area (Å²) in [5.41, 5.74) is 11.7. The van der Waals surface area contributed by atoms with Crippen LogP contribution in [-0.4, -0.2) is 13.2 Å². The minimum absolute atomic E-state index is 0.195. The molecule has 1 aromatic rings. The summed E-state index contributed by atoms with van der Waals surface area (Å²) in [6.45, 7) is 8.12. The van der Waals surface area contributed by atoms with Crippen LogP contribution in [0.25, 0.3) is 0 Å². The van der Waals surface area contributed by atoms with E-state index in [4.69, 9.17) is 10.5 Å². The molecule has 0 aromatic heterocycles. The maximum absolute atomic E-state index is 6.62. The molecule has 1 aromatic carbocycles. The Morgan fingerprint density at radius 1 is 1.00 bits per heavy atom. The van der Waals surface area contributed by atoms with Gasteiger partial charge in [0.15, 0.2) is 0 Å². The molecule has 1 fully saturated rings. The van der Waals surface area contributed by atoms with Crippen LogP contribution in [0.5, 0.6) is 0 Å². The summed E-state index contributed by atoms with van der Waals surface area (Å²) in [7, 11) is 0. The molecule has 17 heavy (non-hydrogen) atoms. The second-order valence-corrected chi connectivity index (χ2v) is 5.37. The predicted octanol–water partition coefficient (Wildman–Crippen LogP) is 2.97. The van der Waals surface area contributed by atoms with Crippen LogP contribution in [0, 0.1) is 20.8 Å². The van der Waals surface area contributed by atoms with E-state index in [2.05, 4.69) is 32.9 Å². The van der Waals surface area contributed by atoms with E-state index in [9.17, 15) is 0 Å². The third kappa shape index (κ3) is 2.53. The molecule has 0 radical (unpaired) electrons. The largest absolute Gasteiger partial charge is 0.381 e. The van der Waals surface area contributed by atoms with Crippen LogP contribution in [0.1, 0.15) is 41.5 Å². The first-order valence-electron chi connectivity index (χ1n) is 6.48. The third-order valence-electron chi connectivity index (χ3n) is 3.98. The number of benzene rings is 1. The lowest BCUT2D eigenvalue weighted by Gasteiger charge is -2.30. The minimum atomic E-state index is -0.195. The van der Waals surface area contributed by atoms with Gasteiger partial charge in [0.25, 0.3) is 0 Å². The predicted molar refractivity (Wildman–Crippen MR) is 71.2 cm³/mol. The molecule has 0 aliphatic carbocycles. The van der Waals surface area contributed by atoms with Gasteiger partial charge in [0.05, 0.1) is 0 Å². The lowest BCUT2D eigenvalue weighted by Crippen LogP contribution is -2.37. The van der Waals surface area contributed by atoms with E-state index < -0.39 is 0 Å². The van der Waals surface area contributed by atoms with Crippen LogP contribution in [0.4, 0.5) is 0 Å². The fourth-order valence-electron chi connectivity index (χ4n) is 2.74. The quantitative estimate of drug-likeness (QED) is 0.809. The molecule has 1 atom stereocenters. The van der Waals surface area contributed by atoms with Crippen molar-refractivity contribution in [1.82, 2.24) is 0 Å². The van der Waals surface area contributed by atoms with E-state index in [0.29, 0.717) is 0 Å². The van der Waals surface area contributed by atoms with Gasteiger partial charge in [-0.2, -0.15) is 0 Å². The standard InChI is InChI=1S/C15H23NO/c1-11-9-13(3)14(10-12(11)2)15(16)5-4-7-17-8-6-15/h9-10H,4-8,16H2,1-3H3. The van der Waals surface area contributed by atoms with E-state index in [-0.39, 0.29) is 5.54 Å². The van der Waals surface area contributed by atoms with Gasteiger partial charge in [0.2, 0.25) is 0 Å². The monoisotopic (exact) mass is 233 g/mol. The Balaban J connectivity index is 2.40. The van der Waals surface area contributed by atoms with Crippen molar-refractivity contribution in [2.24, 2.45) is 5.73 Å². The van der Waals surface area contributed by atoms with Gasteiger partial charge in [-0.3, -0.25) is 0 Å². The summed E-state index contributed by atoms with van der Waals surface area (Å²) in [6.07, 6.45) is 3.01. The fourth-order valence-corrected chi connectivity index (χ4v) is 2.74. The van der Waals surface area contributed by atoms with Crippen molar-refractivity contribution in [2.45, 2.75) is 45.6 Å². The number of aryl methyl sites for hydroxylation is 3. The van der Waals surface area contributed by atoms with Gasteiger partial charge in [0.1, 0.15) is 0 Å². The molecule has 94 valence electrons. The average Bonchev–Trinajstić information content (AvgIpc) is 2.49. The van der Waals surface area contributed by atoms with Crippen LogP contribution in [0.2, 0.25) is 0 Å². The van der Waals surface area contributed by atoms with Gasteiger partial charge in [-0.15, -0.1) is 0 Å². The second kappa shape index (κ2) is 4.79. The molecule has 1 saturated heterocycles. The minimum Gasteiger partial charge on any atom is -0.381 e. The Bertz CT molecular complexity index is 404. The van der Waals surface area contributed by atoms with Crippen molar-refractivity contribution in [3.63, 3.8) is 0 Å². The number of ether oxygens (including phenoxy) is 1. The molecule has 0 spiro atoms. The molecule has 1 heterocycles. The molecule has 2 N–H and O–H groups in total. The van der Waals surface area contributed by atoms with E-state index in [1.807, 2.05) is 0 Å². The fraction of sp³-hybridized carbons (Fsp3) is 0.600. The molecule has 1 unspecified atom stereocenters. The van der Waals surface area contributed by atoms with Crippen molar-refractivity contribution in [2.75, 3.05) is 13.2 Å². The van der Waals surface area contributed by atoms with Crippen molar-refractivity contribution in [3.05, 3.63) is 34.4 Å².